The maximum absolute atomic E-state index is 10.8. The van der Waals surface area contributed by atoms with Crippen LogP contribution in [0.1, 0.15) is 10.5 Å². The van der Waals surface area contributed by atoms with Crippen LogP contribution in [-0.2, 0) is 0 Å². The highest BCUT2D eigenvalue weighted by Gasteiger charge is 2.18. The lowest BCUT2D eigenvalue weighted by Gasteiger charge is -2.06. The molecule has 0 atom stereocenters. The second-order valence-corrected chi connectivity index (χ2v) is 2.80. The Hall–Kier alpha value is -2.44. The minimum absolute atomic E-state index is 0.352. The van der Waals surface area contributed by atoms with Crippen LogP contribution in [0.2, 0.25) is 0 Å². The molecule has 0 amide bonds. The molecule has 0 saturated heterocycles. The highest BCUT2D eigenvalue weighted by atomic mass is 16.4. The molecule has 2 rings (SSSR count). The van der Waals surface area contributed by atoms with Crippen LogP contribution in [0.3, 0.4) is 0 Å². The highest BCUT2D eigenvalue weighted by Crippen LogP contribution is 2.19. The van der Waals surface area contributed by atoms with Crippen molar-refractivity contribution in [3.8, 4) is 11.3 Å². The minimum atomic E-state index is -1.37. The number of aromatic carboxylic acids is 1. The van der Waals surface area contributed by atoms with Crippen LogP contribution >= 0.6 is 0 Å². The van der Waals surface area contributed by atoms with Gasteiger partial charge in [0.2, 0.25) is 0 Å². The first-order chi connectivity index (χ1) is 7.09. The van der Waals surface area contributed by atoms with Crippen molar-refractivity contribution < 1.29 is 19.8 Å². The highest BCUT2D eigenvalue weighted by molar-refractivity contribution is 5.91. The molecule has 2 heterocycles. The van der Waals surface area contributed by atoms with Gasteiger partial charge in [-0.2, -0.15) is 10.2 Å². The lowest BCUT2D eigenvalue weighted by Crippen LogP contribution is -2.18. The van der Waals surface area contributed by atoms with Crippen molar-refractivity contribution in [2.75, 3.05) is 0 Å². The predicted octanol–water partition coefficient (Wildman–Crippen LogP) is 0.607. The zero-order valence-corrected chi connectivity index (χ0v) is 7.28. The Morgan fingerprint density at radius 3 is 2.67 bits per heavy atom. The molecule has 0 saturated carbocycles. The first-order valence-electron chi connectivity index (χ1n) is 3.90. The third kappa shape index (κ3) is 1.39. The Kier molecular flexibility index (Phi) is 1.86. The molecule has 0 aliphatic carbocycles. The van der Waals surface area contributed by atoms with E-state index in [1.807, 2.05) is 0 Å². The fourth-order valence-corrected chi connectivity index (χ4v) is 1.22. The molecule has 7 nitrogen and oxygen atoms in total. The summed E-state index contributed by atoms with van der Waals surface area (Å²) in [7, 11) is 0. The Balaban J connectivity index is 2.75. The van der Waals surface area contributed by atoms with E-state index in [1.165, 1.54) is 18.5 Å². The molecule has 2 aliphatic heterocycles. The standard InChI is InChI=1S/C8H5N3O4/c12-7(13)6-1-5-4(2-9-10-5)3-11(6)8(14)15/h1-3H,(H,12,13)(H,14,15). The molecule has 0 fully saturated rings. The number of carboxylic acid groups (broad SMARTS) is 2. The molecule has 15 heavy (non-hydrogen) atoms. The Morgan fingerprint density at radius 1 is 1.33 bits per heavy atom. The Labute approximate surface area is 82.9 Å². The number of rotatable bonds is 1. The zero-order valence-electron chi connectivity index (χ0n) is 7.28. The monoisotopic (exact) mass is 207 g/mol. The molecule has 76 valence electrons. The largest absolute Gasteiger partial charge is 0.477 e. The molecule has 0 aromatic carbocycles. The number of aromatic nitrogens is 3. The van der Waals surface area contributed by atoms with E-state index in [-0.39, 0.29) is 5.69 Å². The van der Waals surface area contributed by atoms with Gasteiger partial charge in [-0.25, -0.2) is 14.2 Å². The molecule has 2 aliphatic rings. The van der Waals surface area contributed by atoms with Crippen molar-refractivity contribution in [1.29, 1.82) is 0 Å². The van der Waals surface area contributed by atoms with Gasteiger partial charge >= 0.3 is 12.1 Å². The normalized spacial score (nSPS) is 10.4. The van der Waals surface area contributed by atoms with Crippen molar-refractivity contribution >= 4 is 12.1 Å². The van der Waals surface area contributed by atoms with Gasteiger partial charge in [0, 0.05) is 11.8 Å². The van der Waals surface area contributed by atoms with Crippen LogP contribution in [-0.4, -0.2) is 37.0 Å². The number of nitrogens with zero attached hydrogens (tertiary/aromatic N) is 3. The second kappa shape index (κ2) is 3.05. The number of carboxylic acids is 1. The van der Waals surface area contributed by atoms with Gasteiger partial charge in [-0.3, -0.25) is 0 Å². The van der Waals surface area contributed by atoms with E-state index in [4.69, 9.17) is 10.2 Å². The van der Waals surface area contributed by atoms with Crippen molar-refractivity contribution in [2.24, 2.45) is 0 Å². The summed E-state index contributed by atoms with van der Waals surface area (Å²) in [5.74, 6) is -1.33. The van der Waals surface area contributed by atoms with E-state index in [9.17, 15) is 9.59 Å². The lowest BCUT2D eigenvalue weighted by molar-refractivity contribution is 0.0683. The molecule has 0 spiro atoms. The molecule has 0 aromatic rings. The number of pyridine rings is 1. The quantitative estimate of drug-likeness (QED) is 0.709. The summed E-state index contributed by atoms with van der Waals surface area (Å²) in [6.45, 7) is 0. The van der Waals surface area contributed by atoms with Gasteiger partial charge in [-0.1, -0.05) is 0 Å². The van der Waals surface area contributed by atoms with Crippen LogP contribution in [0.5, 0.6) is 0 Å². The smallest absolute Gasteiger partial charge is 0.416 e. The van der Waals surface area contributed by atoms with Crippen LogP contribution in [0.25, 0.3) is 11.3 Å². The fraction of sp³-hybridized carbons (Fsp3) is 0. The topological polar surface area (TPSA) is 105 Å². The molecule has 0 bridgehead atoms. The van der Waals surface area contributed by atoms with E-state index in [1.54, 1.807) is 0 Å². The van der Waals surface area contributed by atoms with Crippen molar-refractivity contribution in [3.05, 3.63) is 24.2 Å². The first kappa shape index (κ1) is 9.13. The third-order valence-corrected chi connectivity index (χ3v) is 1.88. The summed E-state index contributed by atoms with van der Waals surface area (Å²) >= 11 is 0. The summed E-state index contributed by atoms with van der Waals surface area (Å²) in [5, 5.41) is 24.7. The minimum Gasteiger partial charge on any atom is -0.477 e. The van der Waals surface area contributed by atoms with Gasteiger partial charge in [0.05, 0.1) is 11.9 Å². The third-order valence-electron chi connectivity index (χ3n) is 1.88. The fourth-order valence-electron chi connectivity index (χ4n) is 1.22. The molecule has 0 radical (unpaired) electrons. The van der Waals surface area contributed by atoms with E-state index in [0.717, 1.165) is 0 Å². The van der Waals surface area contributed by atoms with Crippen LogP contribution < -0.4 is 0 Å². The number of carbonyl (C=O) groups is 2. The first-order valence-corrected chi connectivity index (χ1v) is 3.90. The Bertz CT molecular complexity index is 474. The molecular weight excluding hydrogens is 202 g/mol. The maximum Gasteiger partial charge on any atom is 0.416 e. The van der Waals surface area contributed by atoms with Crippen LogP contribution in [0.4, 0.5) is 4.79 Å². The van der Waals surface area contributed by atoms with Gasteiger partial charge in [-0.15, -0.1) is 0 Å². The van der Waals surface area contributed by atoms with Gasteiger partial charge in [0.15, 0.2) is 0 Å². The SMILES string of the molecule is O=C(O)c1cc2nncc-2cn1C(=O)O. The maximum atomic E-state index is 10.8. The van der Waals surface area contributed by atoms with E-state index >= 15 is 0 Å². The van der Waals surface area contributed by atoms with Gasteiger partial charge in [-0.05, 0) is 6.07 Å². The predicted molar refractivity (Wildman–Crippen MR) is 47.0 cm³/mol. The summed E-state index contributed by atoms with van der Waals surface area (Å²) in [5.41, 5.74) is 0.461. The average Bonchev–Trinajstić information content (AvgIpc) is 2.61. The summed E-state index contributed by atoms with van der Waals surface area (Å²) in [4.78, 5) is 21.5. The molecule has 2 N–H and O–H groups in total. The molecule has 0 aromatic heterocycles. The summed E-state index contributed by atoms with van der Waals surface area (Å²) < 4.78 is 0.619. The number of hydrogen-bond donors (Lipinski definition) is 2. The second-order valence-electron chi connectivity index (χ2n) is 2.80. The zero-order chi connectivity index (χ0) is 11.0. The van der Waals surface area contributed by atoms with Crippen LogP contribution in [0.15, 0.2) is 18.5 Å². The van der Waals surface area contributed by atoms with Gasteiger partial charge in [0.25, 0.3) is 0 Å². The summed E-state index contributed by atoms with van der Waals surface area (Å²) in [6, 6.07) is 1.17. The summed E-state index contributed by atoms with van der Waals surface area (Å²) in [6.07, 6.45) is 1.16. The van der Waals surface area contributed by atoms with Crippen molar-refractivity contribution in [3.63, 3.8) is 0 Å². The van der Waals surface area contributed by atoms with E-state index < -0.39 is 12.1 Å². The molecule has 7 heteroatoms. The van der Waals surface area contributed by atoms with Gasteiger partial charge in [0.1, 0.15) is 5.69 Å². The number of hydrogen-bond acceptors (Lipinski definition) is 4. The van der Waals surface area contributed by atoms with Gasteiger partial charge < -0.3 is 10.2 Å². The van der Waals surface area contributed by atoms with Crippen molar-refractivity contribution in [1.82, 2.24) is 14.8 Å². The van der Waals surface area contributed by atoms with Crippen LogP contribution in [0, 0.1) is 0 Å². The molecule has 0 unspecified atom stereocenters. The molecular formula is C8H5N3O4. The van der Waals surface area contributed by atoms with Crippen molar-refractivity contribution in [2.45, 2.75) is 0 Å². The van der Waals surface area contributed by atoms with E-state index in [2.05, 4.69) is 10.2 Å². The Morgan fingerprint density at radius 2 is 2.07 bits per heavy atom. The lowest BCUT2D eigenvalue weighted by atomic mass is 10.2. The number of fused-ring (bicyclic) bond motifs is 1. The average molecular weight is 207 g/mol. The van der Waals surface area contributed by atoms with E-state index in [0.29, 0.717) is 15.8 Å².